The number of amides is 1. The van der Waals surface area contributed by atoms with Crippen LogP contribution in [0.3, 0.4) is 0 Å². The third-order valence-electron chi connectivity index (χ3n) is 3.62. The van der Waals surface area contributed by atoms with Crippen LogP contribution in [-0.2, 0) is 27.4 Å². The highest BCUT2D eigenvalue weighted by Crippen LogP contribution is 2.48. The highest BCUT2D eigenvalue weighted by atomic mass is 79.9. The Hall–Kier alpha value is -1.56. The van der Waals surface area contributed by atoms with Gasteiger partial charge in [0.2, 0.25) is 6.49 Å². The van der Waals surface area contributed by atoms with E-state index in [1.165, 1.54) is 14.2 Å². The molecule has 2 rings (SSSR count). The minimum atomic E-state index is -2.83. The third-order valence-corrected chi connectivity index (χ3v) is 7.64. The summed E-state index contributed by atoms with van der Waals surface area (Å²) < 4.78 is 13.3. The molecule has 1 aromatic carbocycles. The lowest BCUT2D eigenvalue weighted by molar-refractivity contribution is 0.102. The Bertz CT molecular complexity index is 884. The molecule has 0 aliphatic heterocycles. The zero-order valence-electron chi connectivity index (χ0n) is 14.5. The number of nitriles is 1. The molecule has 0 aliphatic rings. The number of rotatable bonds is 7. The van der Waals surface area contributed by atoms with Crippen molar-refractivity contribution in [1.29, 1.82) is 5.26 Å². The minimum absolute atomic E-state index is 0.241. The Morgan fingerprint density at radius 1 is 1.38 bits per heavy atom. The van der Waals surface area contributed by atoms with Crippen LogP contribution in [0.1, 0.15) is 22.5 Å². The molecule has 0 aliphatic carbocycles. The average molecular weight is 457 g/mol. The molecule has 7 nitrogen and oxygen atoms in total. The lowest BCUT2D eigenvalue weighted by Crippen LogP contribution is -2.22. The molecule has 138 valence electrons. The van der Waals surface area contributed by atoms with Crippen molar-refractivity contribution in [3.05, 3.63) is 40.0 Å². The van der Waals surface area contributed by atoms with Crippen LogP contribution >= 0.6 is 22.4 Å². The van der Waals surface area contributed by atoms with Crippen LogP contribution in [0.15, 0.2) is 28.7 Å². The first-order valence-electron chi connectivity index (χ1n) is 7.59. The highest BCUT2D eigenvalue weighted by molar-refractivity contribution is 9.10. The maximum Gasteiger partial charge on any atom is 0.256 e. The van der Waals surface area contributed by atoms with Gasteiger partial charge in [0.1, 0.15) is 11.1 Å². The van der Waals surface area contributed by atoms with Crippen molar-refractivity contribution in [2.75, 3.05) is 19.5 Å². The van der Waals surface area contributed by atoms with Gasteiger partial charge >= 0.3 is 0 Å². The molecule has 0 fully saturated rings. The Balaban J connectivity index is 2.49. The molecule has 26 heavy (non-hydrogen) atoms. The van der Waals surface area contributed by atoms with Crippen molar-refractivity contribution < 1.29 is 13.8 Å². The molecule has 0 unspecified atom stereocenters. The van der Waals surface area contributed by atoms with Gasteiger partial charge in [0.05, 0.1) is 24.7 Å². The van der Waals surface area contributed by atoms with Gasteiger partial charge in [0, 0.05) is 24.3 Å². The van der Waals surface area contributed by atoms with Crippen molar-refractivity contribution in [3.8, 4) is 6.07 Å². The SMILES string of the molecule is COP(=S)(OC)c1c(C)nn(CCC#N)c1NC(=O)c1ccc(Br)cc1. The second kappa shape index (κ2) is 8.89. The number of hydrogen-bond acceptors (Lipinski definition) is 6. The quantitative estimate of drug-likeness (QED) is 0.642. The summed E-state index contributed by atoms with van der Waals surface area (Å²) in [5, 5.41) is 16.7. The summed E-state index contributed by atoms with van der Waals surface area (Å²) in [4.78, 5) is 12.7. The Labute approximate surface area is 165 Å². The number of aryl methyl sites for hydroxylation is 2. The maximum atomic E-state index is 12.7. The molecule has 10 heteroatoms. The first-order valence-corrected chi connectivity index (χ1v) is 11.0. The number of anilines is 1. The van der Waals surface area contributed by atoms with E-state index in [2.05, 4.69) is 32.4 Å². The molecule has 1 amide bonds. The standard InChI is InChI=1S/C16H18BrN4O3PS/c1-11-14(25(26,23-2)24-3)15(21(20-11)10-4-9-18)19-16(22)12-5-7-13(17)8-6-12/h5-8H,4,10H2,1-3H3,(H,19,22). The van der Waals surface area contributed by atoms with Gasteiger partial charge in [0.15, 0.2) is 0 Å². The van der Waals surface area contributed by atoms with E-state index in [1.807, 2.05) is 0 Å². The van der Waals surface area contributed by atoms with Gasteiger partial charge in [-0.15, -0.1) is 0 Å². The van der Waals surface area contributed by atoms with Crippen LogP contribution in [0.4, 0.5) is 5.82 Å². The lowest BCUT2D eigenvalue weighted by Gasteiger charge is -2.19. The van der Waals surface area contributed by atoms with Crippen molar-refractivity contribution >= 4 is 51.3 Å². The minimum Gasteiger partial charge on any atom is -0.329 e. The van der Waals surface area contributed by atoms with Gasteiger partial charge in [-0.2, -0.15) is 10.4 Å². The van der Waals surface area contributed by atoms with Crippen LogP contribution in [0.25, 0.3) is 0 Å². The van der Waals surface area contributed by atoms with Crippen LogP contribution < -0.4 is 10.6 Å². The van der Waals surface area contributed by atoms with E-state index >= 15 is 0 Å². The van der Waals surface area contributed by atoms with E-state index in [0.29, 0.717) is 28.9 Å². The Kier molecular flexibility index (Phi) is 7.09. The van der Waals surface area contributed by atoms with E-state index in [1.54, 1.807) is 35.9 Å². The molecule has 1 N–H and O–H groups in total. The molecule has 0 bridgehead atoms. The normalized spacial score (nSPS) is 11.2. The fourth-order valence-corrected chi connectivity index (χ4v) is 4.69. The summed E-state index contributed by atoms with van der Waals surface area (Å²) in [6, 6.07) is 9.03. The predicted octanol–water partition coefficient (Wildman–Crippen LogP) is 3.35. The van der Waals surface area contributed by atoms with E-state index in [9.17, 15) is 4.79 Å². The van der Waals surface area contributed by atoms with Crippen molar-refractivity contribution in [2.45, 2.75) is 19.9 Å². The predicted molar refractivity (Wildman–Crippen MR) is 107 cm³/mol. The Morgan fingerprint density at radius 3 is 2.54 bits per heavy atom. The summed E-state index contributed by atoms with van der Waals surface area (Å²) >= 11 is 8.89. The summed E-state index contributed by atoms with van der Waals surface area (Å²) in [6.07, 6.45) is 0.241. The van der Waals surface area contributed by atoms with Crippen LogP contribution in [0, 0.1) is 18.3 Å². The lowest BCUT2D eigenvalue weighted by atomic mass is 10.2. The number of nitrogens with one attached hydrogen (secondary N) is 1. The number of carbonyl (C=O) groups excluding carboxylic acids is 1. The zero-order chi connectivity index (χ0) is 19.3. The van der Waals surface area contributed by atoms with Gasteiger partial charge in [-0.1, -0.05) is 15.9 Å². The molecule has 1 aromatic heterocycles. The second-order valence-corrected chi connectivity index (χ2v) is 9.77. The first-order chi connectivity index (χ1) is 12.4. The number of hydrogen-bond donors (Lipinski definition) is 1. The van der Waals surface area contributed by atoms with Gasteiger partial charge in [-0.05, 0) is 43.0 Å². The second-order valence-electron chi connectivity index (χ2n) is 5.24. The summed E-state index contributed by atoms with van der Waals surface area (Å²) in [5.74, 6) is 0.0864. The summed E-state index contributed by atoms with van der Waals surface area (Å²) in [6.45, 7) is -0.745. The molecule has 1 heterocycles. The molecule has 0 radical (unpaired) electrons. The number of nitrogens with zero attached hydrogens (tertiary/aromatic N) is 3. The van der Waals surface area contributed by atoms with E-state index in [-0.39, 0.29) is 12.3 Å². The van der Waals surface area contributed by atoms with Crippen molar-refractivity contribution in [2.24, 2.45) is 0 Å². The van der Waals surface area contributed by atoms with Gasteiger partial charge in [0.25, 0.3) is 5.91 Å². The maximum absolute atomic E-state index is 12.7. The van der Waals surface area contributed by atoms with Crippen molar-refractivity contribution in [1.82, 2.24) is 9.78 Å². The van der Waals surface area contributed by atoms with Gasteiger partial charge in [-0.3, -0.25) is 4.79 Å². The third kappa shape index (κ3) is 4.40. The molecule has 0 atom stereocenters. The monoisotopic (exact) mass is 456 g/mol. The summed E-state index contributed by atoms with van der Waals surface area (Å²) in [7, 11) is 2.94. The fourth-order valence-electron chi connectivity index (χ4n) is 2.38. The Morgan fingerprint density at radius 2 is 2.00 bits per heavy atom. The molecule has 0 spiro atoms. The van der Waals surface area contributed by atoms with E-state index in [4.69, 9.17) is 26.1 Å². The van der Waals surface area contributed by atoms with Crippen LogP contribution in [0.2, 0.25) is 0 Å². The highest BCUT2D eigenvalue weighted by Gasteiger charge is 2.31. The number of halogens is 1. The van der Waals surface area contributed by atoms with E-state index in [0.717, 1.165) is 4.47 Å². The fraction of sp³-hybridized carbons (Fsp3) is 0.312. The molecule has 0 saturated heterocycles. The zero-order valence-corrected chi connectivity index (χ0v) is 17.8. The molecular formula is C16H18BrN4O3PS. The smallest absolute Gasteiger partial charge is 0.256 e. The van der Waals surface area contributed by atoms with Crippen LogP contribution in [0.5, 0.6) is 0 Å². The average Bonchev–Trinajstić information content (AvgIpc) is 2.95. The summed E-state index contributed by atoms with van der Waals surface area (Å²) in [5.41, 5.74) is 1.08. The van der Waals surface area contributed by atoms with Gasteiger partial charge in [-0.25, -0.2) is 4.68 Å². The largest absolute Gasteiger partial charge is 0.329 e. The molecular weight excluding hydrogens is 439 g/mol. The first kappa shape index (κ1) is 20.7. The number of aromatic nitrogens is 2. The molecule has 2 aromatic rings. The van der Waals surface area contributed by atoms with Gasteiger partial charge < -0.3 is 14.4 Å². The van der Waals surface area contributed by atoms with Crippen LogP contribution in [-0.4, -0.2) is 29.9 Å². The van der Waals surface area contributed by atoms with Crippen molar-refractivity contribution in [3.63, 3.8) is 0 Å². The number of carbonyl (C=O) groups is 1. The topological polar surface area (TPSA) is 89.2 Å². The van der Waals surface area contributed by atoms with E-state index < -0.39 is 6.49 Å². The number of benzene rings is 1. The molecule has 0 saturated carbocycles.